The molecular formula is C35H29ClN4O2. The Hall–Kier alpha value is -4.68. The molecule has 0 bridgehead atoms. The van der Waals surface area contributed by atoms with E-state index in [1.165, 1.54) is 19.3 Å². The lowest BCUT2D eigenvalue weighted by Crippen LogP contribution is -2.14. The molecule has 1 saturated carbocycles. The molecule has 7 rings (SSSR count). The molecule has 1 aliphatic carbocycles. The number of fused-ring (bicyclic) bond motifs is 2. The number of pyridine rings is 1. The Balaban J connectivity index is 1.21. The van der Waals surface area contributed by atoms with Crippen LogP contribution in [-0.4, -0.2) is 25.6 Å². The van der Waals surface area contributed by atoms with Gasteiger partial charge in [0.1, 0.15) is 5.82 Å². The molecular weight excluding hydrogens is 544 g/mol. The molecule has 7 heteroatoms. The van der Waals surface area contributed by atoms with E-state index in [0.717, 1.165) is 68.8 Å². The number of nitrogens with zero attached hydrogens (tertiary/aromatic N) is 3. The first-order chi connectivity index (χ1) is 20.5. The fraction of sp³-hybridized carbons (Fsp3) is 0.171. The van der Waals surface area contributed by atoms with E-state index in [4.69, 9.17) is 21.6 Å². The zero-order chi connectivity index (χ0) is 28.6. The summed E-state index contributed by atoms with van der Waals surface area (Å²) in [6.45, 7) is 0. The zero-order valence-electron chi connectivity index (χ0n) is 22.9. The molecule has 1 fully saturated rings. The molecule has 0 aliphatic heterocycles. The predicted molar refractivity (Wildman–Crippen MR) is 170 cm³/mol. The maximum absolute atomic E-state index is 11.6. The van der Waals surface area contributed by atoms with Crippen molar-refractivity contribution in [1.29, 1.82) is 0 Å². The normalized spacial score (nSPS) is 13.9. The van der Waals surface area contributed by atoms with Crippen LogP contribution in [0.25, 0.3) is 44.6 Å². The first kappa shape index (κ1) is 26.2. The lowest BCUT2D eigenvalue weighted by molar-refractivity contribution is 0.0697. The fourth-order valence-electron chi connectivity index (χ4n) is 5.99. The quantitative estimate of drug-likeness (QED) is 0.208. The third kappa shape index (κ3) is 5.10. The van der Waals surface area contributed by atoms with Crippen LogP contribution >= 0.6 is 11.6 Å². The van der Waals surface area contributed by atoms with Gasteiger partial charge in [-0.05, 0) is 91.7 Å². The number of nitrogens with one attached hydrogen (secondary N) is 1. The molecule has 0 saturated heterocycles. The van der Waals surface area contributed by atoms with Gasteiger partial charge in [-0.1, -0.05) is 49.1 Å². The molecule has 1 aliphatic rings. The van der Waals surface area contributed by atoms with Gasteiger partial charge in [0, 0.05) is 39.0 Å². The second-order valence-corrected chi connectivity index (χ2v) is 11.4. The SMILES string of the molecule is O=C(O)c1ccc2c(c1)nc(-c1ccc3nc(-c4ccc(Nc5ccc(Cl)cc5)cc4)ccc3c1)n2C1CCCCC1. The van der Waals surface area contributed by atoms with Gasteiger partial charge in [-0.15, -0.1) is 0 Å². The fourth-order valence-corrected chi connectivity index (χ4v) is 6.12. The minimum Gasteiger partial charge on any atom is -0.478 e. The molecule has 0 radical (unpaired) electrons. The highest BCUT2D eigenvalue weighted by atomic mass is 35.5. The maximum Gasteiger partial charge on any atom is 0.335 e. The largest absolute Gasteiger partial charge is 0.478 e. The van der Waals surface area contributed by atoms with Gasteiger partial charge in [-0.25, -0.2) is 14.8 Å². The number of rotatable bonds is 6. The number of halogens is 1. The minimum atomic E-state index is -0.939. The molecule has 2 heterocycles. The van der Waals surface area contributed by atoms with Crippen LogP contribution in [0.4, 0.5) is 11.4 Å². The van der Waals surface area contributed by atoms with Gasteiger partial charge in [-0.3, -0.25) is 0 Å². The Labute approximate surface area is 248 Å². The van der Waals surface area contributed by atoms with E-state index in [2.05, 4.69) is 52.3 Å². The Morgan fingerprint density at radius 3 is 2.21 bits per heavy atom. The van der Waals surface area contributed by atoms with Crippen molar-refractivity contribution in [3.8, 4) is 22.6 Å². The zero-order valence-corrected chi connectivity index (χ0v) is 23.7. The van der Waals surface area contributed by atoms with Crippen LogP contribution in [0.1, 0.15) is 48.5 Å². The summed E-state index contributed by atoms with van der Waals surface area (Å²) in [5.74, 6) is -0.0556. The number of carboxylic acids is 1. The van der Waals surface area contributed by atoms with E-state index in [1.54, 1.807) is 12.1 Å². The lowest BCUT2D eigenvalue weighted by atomic mass is 9.94. The highest BCUT2D eigenvalue weighted by Gasteiger charge is 2.23. The number of hydrogen-bond donors (Lipinski definition) is 2. The van der Waals surface area contributed by atoms with E-state index >= 15 is 0 Å². The molecule has 42 heavy (non-hydrogen) atoms. The maximum atomic E-state index is 11.6. The van der Waals surface area contributed by atoms with Crippen molar-refractivity contribution in [2.24, 2.45) is 0 Å². The summed E-state index contributed by atoms with van der Waals surface area (Å²) in [7, 11) is 0. The van der Waals surface area contributed by atoms with Crippen LogP contribution in [0.3, 0.4) is 0 Å². The lowest BCUT2D eigenvalue weighted by Gasteiger charge is -2.25. The molecule has 2 N–H and O–H groups in total. The van der Waals surface area contributed by atoms with Gasteiger partial charge in [0.25, 0.3) is 0 Å². The van der Waals surface area contributed by atoms with Gasteiger partial charge in [0.15, 0.2) is 0 Å². The van der Waals surface area contributed by atoms with Gasteiger partial charge >= 0.3 is 5.97 Å². The molecule has 208 valence electrons. The summed E-state index contributed by atoms with van der Waals surface area (Å²) in [5, 5.41) is 14.7. The summed E-state index contributed by atoms with van der Waals surface area (Å²) in [6.07, 6.45) is 5.85. The standard InChI is InChI=1S/C35H29ClN4O2/c36-26-11-15-28(16-12-26)37-27-13-6-22(7-14-27)30-17-8-23-20-24(9-18-31(23)38-30)34-39-32-21-25(35(41)42)10-19-33(32)40(34)29-4-2-1-3-5-29/h6-21,29,37H,1-5H2,(H,41,42). The number of aromatic nitrogens is 3. The van der Waals surface area contributed by atoms with E-state index in [0.29, 0.717) is 11.1 Å². The first-order valence-corrected chi connectivity index (χ1v) is 14.7. The molecule has 0 atom stereocenters. The summed E-state index contributed by atoms with van der Waals surface area (Å²) in [6, 6.07) is 31.9. The van der Waals surface area contributed by atoms with E-state index in [9.17, 15) is 9.90 Å². The van der Waals surface area contributed by atoms with Crippen molar-refractivity contribution in [3.63, 3.8) is 0 Å². The molecule has 0 unspecified atom stereocenters. The van der Waals surface area contributed by atoms with Crippen molar-refractivity contribution in [1.82, 2.24) is 14.5 Å². The van der Waals surface area contributed by atoms with Gasteiger partial charge in [-0.2, -0.15) is 0 Å². The number of imidazole rings is 1. The number of carbonyl (C=O) groups is 1. The Morgan fingerprint density at radius 2 is 1.48 bits per heavy atom. The summed E-state index contributed by atoms with van der Waals surface area (Å²) >= 11 is 6.00. The number of carboxylic acid groups (broad SMARTS) is 1. The van der Waals surface area contributed by atoms with Crippen LogP contribution in [-0.2, 0) is 0 Å². The third-order valence-electron chi connectivity index (χ3n) is 8.14. The van der Waals surface area contributed by atoms with Crippen LogP contribution in [0.2, 0.25) is 5.02 Å². The van der Waals surface area contributed by atoms with E-state index in [-0.39, 0.29) is 5.56 Å². The third-order valence-corrected chi connectivity index (χ3v) is 8.39. The van der Waals surface area contributed by atoms with Gasteiger partial charge < -0.3 is 15.0 Å². The van der Waals surface area contributed by atoms with Crippen LogP contribution < -0.4 is 5.32 Å². The number of benzene rings is 4. The smallest absolute Gasteiger partial charge is 0.335 e. The second kappa shape index (κ2) is 11.0. The Bertz CT molecular complexity index is 1920. The first-order valence-electron chi connectivity index (χ1n) is 14.3. The van der Waals surface area contributed by atoms with Crippen LogP contribution in [0, 0.1) is 0 Å². The Morgan fingerprint density at radius 1 is 0.762 bits per heavy atom. The van der Waals surface area contributed by atoms with Crippen molar-refractivity contribution in [2.45, 2.75) is 38.1 Å². The highest BCUT2D eigenvalue weighted by molar-refractivity contribution is 6.30. The topological polar surface area (TPSA) is 80.0 Å². The summed E-state index contributed by atoms with van der Waals surface area (Å²) in [5.41, 5.74) is 7.80. The van der Waals surface area contributed by atoms with Crippen molar-refractivity contribution < 1.29 is 9.90 Å². The Kier molecular flexibility index (Phi) is 6.84. The van der Waals surface area contributed by atoms with Gasteiger partial charge in [0.05, 0.1) is 27.8 Å². The number of anilines is 2. The van der Waals surface area contributed by atoms with Crippen molar-refractivity contribution in [3.05, 3.63) is 108 Å². The average Bonchev–Trinajstić information content (AvgIpc) is 3.41. The van der Waals surface area contributed by atoms with Crippen LogP contribution in [0.15, 0.2) is 97.1 Å². The highest BCUT2D eigenvalue weighted by Crippen LogP contribution is 2.37. The molecule has 6 nitrogen and oxygen atoms in total. The monoisotopic (exact) mass is 572 g/mol. The number of hydrogen-bond acceptors (Lipinski definition) is 4. The summed E-state index contributed by atoms with van der Waals surface area (Å²) < 4.78 is 2.34. The molecule has 2 aromatic heterocycles. The minimum absolute atomic E-state index is 0.256. The molecule has 0 spiro atoms. The van der Waals surface area contributed by atoms with Crippen molar-refractivity contribution >= 4 is 50.9 Å². The number of aromatic carboxylic acids is 1. The van der Waals surface area contributed by atoms with E-state index in [1.807, 2.05) is 42.5 Å². The van der Waals surface area contributed by atoms with E-state index < -0.39 is 5.97 Å². The summed E-state index contributed by atoms with van der Waals surface area (Å²) in [4.78, 5) is 21.6. The molecule has 4 aromatic carbocycles. The van der Waals surface area contributed by atoms with Crippen molar-refractivity contribution in [2.75, 3.05) is 5.32 Å². The molecule has 6 aromatic rings. The van der Waals surface area contributed by atoms with Gasteiger partial charge in [0.2, 0.25) is 0 Å². The van der Waals surface area contributed by atoms with Crippen LogP contribution in [0.5, 0.6) is 0 Å². The predicted octanol–water partition coefficient (Wildman–Crippen LogP) is 9.52. The average molecular weight is 573 g/mol. The second-order valence-electron chi connectivity index (χ2n) is 10.9. The molecule has 0 amide bonds.